The van der Waals surface area contributed by atoms with E-state index >= 15 is 0 Å². The van der Waals surface area contributed by atoms with Crippen LogP contribution < -0.4 is 17.0 Å². The van der Waals surface area contributed by atoms with Gasteiger partial charge >= 0.3 is 5.69 Å². The van der Waals surface area contributed by atoms with Crippen LogP contribution in [0.4, 0.5) is 0 Å². The van der Waals surface area contributed by atoms with Crippen molar-refractivity contribution in [3.8, 4) is 0 Å². The van der Waals surface area contributed by atoms with Crippen molar-refractivity contribution in [2.24, 2.45) is 5.73 Å². The van der Waals surface area contributed by atoms with Crippen LogP contribution in [0.25, 0.3) is 0 Å². The van der Waals surface area contributed by atoms with Gasteiger partial charge in [0.05, 0.1) is 0 Å². The summed E-state index contributed by atoms with van der Waals surface area (Å²) in [5, 5.41) is 8.33. The molecule has 0 bridgehead atoms. The molecule has 0 aliphatic rings. The lowest BCUT2D eigenvalue weighted by Gasteiger charge is -2.01. The number of halogens is 1. The Hall–Kier alpha value is -1.58. The van der Waals surface area contributed by atoms with Crippen molar-refractivity contribution >= 4 is 24.2 Å². The van der Waals surface area contributed by atoms with Gasteiger partial charge < -0.3 is 15.1 Å². The van der Waals surface area contributed by atoms with Crippen LogP contribution in [-0.4, -0.2) is 26.7 Å². The van der Waals surface area contributed by atoms with Crippen LogP contribution in [0.15, 0.2) is 19.2 Å². The number of hydrogen-bond donors (Lipinski definition) is 3. The fourth-order valence-electron chi connectivity index (χ4n) is 1.93. The second kappa shape index (κ2) is 9.53. The van der Waals surface area contributed by atoms with E-state index in [1.807, 2.05) is 0 Å². The average molecular weight is 362 g/mol. The number of H-pyrrole nitrogens is 2. The van der Waals surface area contributed by atoms with E-state index in [1.165, 1.54) is 11.8 Å². The van der Waals surface area contributed by atoms with Gasteiger partial charge in [0.25, 0.3) is 10.8 Å². The minimum Gasteiger partial charge on any atom is -0.416 e. The first-order valence-electron chi connectivity index (χ1n) is 7.07. The number of nitrogens with two attached hydrogens (primary N) is 1. The zero-order valence-electron chi connectivity index (χ0n) is 12.8. The summed E-state index contributed by atoms with van der Waals surface area (Å²) in [4.78, 5) is 27.6. The lowest BCUT2D eigenvalue weighted by Crippen LogP contribution is -2.26. The second-order valence-corrected chi connectivity index (χ2v) is 5.79. The average Bonchev–Trinajstić information content (AvgIpc) is 2.90. The van der Waals surface area contributed by atoms with Gasteiger partial charge in [0.15, 0.2) is 0 Å². The SMILES string of the molecule is Cc1[nH]c(=O)[nH]c(=O)c1CSc1nnc(CCCCCN)o1.Cl. The molecule has 0 saturated carbocycles. The third-order valence-corrected chi connectivity index (χ3v) is 3.98. The van der Waals surface area contributed by atoms with Gasteiger partial charge in [-0.3, -0.25) is 9.78 Å². The molecule has 2 aromatic heterocycles. The molecular weight excluding hydrogens is 342 g/mol. The molecule has 2 aromatic rings. The highest BCUT2D eigenvalue weighted by atomic mass is 35.5. The number of rotatable bonds is 8. The monoisotopic (exact) mass is 361 g/mol. The highest BCUT2D eigenvalue weighted by Crippen LogP contribution is 2.21. The van der Waals surface area contributed by atoms with E-state index in [0.717, 1.165) is 25.7 Å². The second-order valence-electron chi connectivity index (χ2n) is 4.86. The first-order chi connectivity index (χ1) is 10.6. The lowest BCUT2D eigenvalue weighted by atomic mass is 10.2. The molecule has 10 heteroatoms. The maximum absolute atomic E-state index is 11.7. The van der Waals surface area contributed by atoms with E-state index in [2.05, 4.69) is 20.2 Å². The zero-order valence-corrected chi connectivity index (χ0v) is 14.4. The lowest BCUT2D eigenvalue weighted by molar-refractivity contribution is 0.407. The summed E-state index contributed by atoms with van der Waals surface area (Å²) < 4.78 is 5.51. The summed E-state index contributed by atoms with van der Waals surface area (Å²) >= 11 is 1.27. The summed E-state index contributed by atoms with van der Waals surface area (Å²) in [7, 11) is 0. The van der Waals surface area contributed by atoms with Gasteiger partial charge in [-0.15, -0.1) is 22.6 Å². The smallest absolute Gasteiger partial charge is 0.325 e. The van der Waals surface area contributed by atoms with Gasteiger partial charge in [-0.1, -0.05) is 18.2 Å². The largest absolute Gasteiger partial charge is 0.416 e. The van der Waals surface area contributed by atoms with Gasteiger partial charge in [0.1, 0.15) is 0 Å². The van der Waals surface area contributed by atoms with Gasteiger partial charge in [0.2, 0.25) is 5.89 Å². The number of aromatic nitrogens is 4. The van der Waals surface area contributed by atoms with E-state index in [-0.39, 0.29) is 12.4 Å². The molecule has 0 fully saturated rings. The third-order valence-electron chi connectivity index (χ3n) is 3.14. The quantitative estimate of drug-likeness (QED) is 0.474. The first kappa shape index (κ1) is 19.5. The van der Waals surface area contributed by atoms with Crippen LogP contribution in [0.1, 0.15) is 36.4 Å². The molecule has 0 aromatic carbocycles. The Morgan fingerprint density at radius 1 is 1.17 bits per heavy atom. The van der Waals surface area contributed by atoms with Gasteiger partial charge in [0, 0.05) is 23.4 Å². The van der Waals surface area contributed by atoms with E-state index in [4.69, 9.17) is 10.2 Å². The van der Waals surface area contributed by atoms with Crippen LogP contribution >= 0.6 is 24.2 Å². The Labute approximate surface area is 143 Å². The van der Waals surface area contributed by atoms with Crippen molar-refractivity contribution in [3.63, 3.8) is 0 Å². The predicted octanol–water partition coefficient (Wildman–Crippen LogP) is 1.14. The zero-order chi connectivity index (χ0) is 15.9. The van der Waals surface area contributed by atoms with Crippen LogP contribution in [0.2, 0.25) is 0 Å². The Bertz CT molecular complexity index is 727. The molecule has 0 spiro atoms. The molecule has 2 rings (SSSR count). The van der Waals surface area contributed by atoms with Crippen LogP contribution in [-0.2, 0) is 12.2 Å². The summed E-state index contributed by atoms with van der Waals surface area (Å²) in [5.74, 6) is 0.943. The Morgan fingerprint density at radius 3 is 2.65 bits per heavy atom. The van der Waals surface area contributed by atoms with Crippen molar-refractivity contribution in [2.75, 3.05) is 6.54 Å². The molecule has 2 heterocycles. The minimum atomic E-state index is -0.506. The number of thioether (sulfide) groups is 1. The van der Waals surface area contributed by atoms with E-state index in [0.29, 0.717) is 34.7 Å². The van der Waals surface area contributed by atoms with Crippen LogP contribution in [0.3, 0.4) is 0 Å². The van der Waals surface area contributed by atoms with Gasteiger partial charge in [-0.25, -0.2) is 4.79 Å². The number of aryl methyl sites for hydroxylation is 2. The first-order valence-corrected chi connectivity index (χ1v) is 8.06. The Kier molecular flexibility index (Phi) is 8.07. The Morgan fingerprint density at radius 2 is 1.96 bits per heavy atom. The molecule has 0 aliphatic carbocycles. The predicted molar refractivity (Wildman–Crippen MR) is 90.1 cm³/mol. The number of nitrogens with one attached hydrogen (secondary N) is 2. The fourth-order valence-corrected chi connectivity index (χ4v) is 2.80. The fraction of sp³-hybridized carbons (Fsp3) is 0.538. The standard InChI is InChI=1S/C13H19N5O3S.ClH/c1-8-9(11(19)16-12(20)15-8)7-22-13-18-17-10(21-13)5-3-2-4-6-14;/h2-7,14H2,1H3,(H2,15,16,19,20);1H. The molecule has 0 radical (unpaired) electrons. The maximum Gasteiger partial charge on any atom is 0.325 e. The molecular formula is C13H20ClN5O3S. The molecule has 8 nitrogen and oxygen atoms in total. The number of nitrogens with zero attached hydrogens (tertiary/aromatic N) is 2. The normalized spacial score (nSPS) is 10.5. The molecule has 0 amide bonds. The molecule has 128 valence electrons. The maximum atomic E-state index is 11.7. The van der Waals surface area contributed by atoms with Gasteiger partial charge in [-0.05, 0) is 26.3 Å². The Balaban J connectivity index is 0.00000264. The summed E-state index contributed by atoms with van der Waals surface area (Å²) in [6.07, 6.45) is 3.71. The van der Waals surface area contributed by atoms with E-state index in [9.17, 15) is 9.59 Å². The molecule has 4 N–H and O–H groups in total. The van der Waals surface area contributed by atoms with E-state index < -0.39 is 11.2 Å². The summed E-state index contributed by atoms with van der Waals surface area (Å²) in [6.45, 7) is 2.38. The van der Waals surface area contributed by atoms with Gasteiger partial charge in [-0.2, -0.15) is 0 Å². The van der Waals surface area contributed by atoms with Crippen molar-refractivity contribution in [1.82, 2.24) is 20.2 Å². The topological polar surface area (TPSA) is 131 Å². The number of aromatic amines is 2. The number of unbranched alkanes of at least 4 members (excludes halogenated alkanes) is 2. The highest BCUT2D eigenvalue weighted by Gasteiger charge is 2.11. The van der Waals surface area contributed by atoms with E-state index in [1.54, 1.807) is 6.92 Å². The van der Waals surface area contributed by atoms with Crippen LogP contribution in [0.5, 0.6) is 0 Å². The summed E-state index contributed by atoms with van der Waals surface area (Å²) in [6, 6.07) is 0. The van der Waals surface area contributed by atoms with Crippen molar-refractivity contribution in [1.29, 1.82) is 0 Å². The highest BCUT2D eigenvalue weighted by molar-refractivity contribution is 7.98. The summed E-state index contributed by atoms with van der Waals surface area (Å²) in [5.41, 5.74) is 5.57. The van der Waals surface area contributed by atoms with Crippen molar-refractivity contribution in [2.45, 2.75) is 43.6 Å². The molecule has 0 unspecified atom stereocenters. The molecule has 0 aliphatic heterocycles. The van der Waals surface area contributed by atoms with Crippen molar-refractivity contribution < 1.29 is 4.42 Å². The van der Waals surface area contributed by atoms with Crippen molar-refractivity contribution in [3.05, 3.63) is 38.0 Å². The van der Waals surface area contributed by atoms with Crippen LogP contribution in [0, 0.1) is 6.92 Å². The molecule has 23 heavy (non-hydrogen) atoms. The molecule has 0 saturated heterocycles. The molecule has 0 atom stereocenters. The number of hydrogen-bond acceptors (Lipinski definition) is 7. The third kappa shape index (κ3) is 5.85. The minimum absolute atomic E-state index is 0.